The van der Waals surface area contributed by atoms with Gasteiger partial charge in [-0.15, -0.1) is 0 Å². The first kappa shape index (κ1) is 18.4. The zero-order valence-electron chi connectivity index (χ0n) is 16.3. The molecule has 0 saturated carbocycles. The van der Waals surface area contributed by atoms with Crippen LogP contribution in [-0.2, 0) is 11.3 Å². The van der Waals surface area contributed by atoms with Gasteiger partial charge in [-0.3, -0.25) is 14.6 Å². The van der Waals surface area contributed by atoms with Crippen molar-refractivity contribution in [3.8, 4) is 0 Å². The van der Waals surface area contributed by atoms with Gasteiger partial charge in [0, 0.05) is 18.9 Å². The highest BCUT2D eigenvalue weighted by atomic mass is 16.3. The molecule has 5 heterocycles. The Bertz CT molecular complexity index is 1070. The van der Waals surface area contributed by atoms with Crippen LogP contribution in [0.1, 0.15) is 40.7 Å². The molecule has 0 spiro atoms. The molecule has 1 N–H and O–H groups in total. The van der Waals surface area contributed by atoms with Crippen LogP contribution in [0.4, 0.5) is 11.5 Å². The molecule has 3 aromatic rings. The number of aromatic nitrogens is 2. The van der Waals surface area contributed by atoms with E-state index in [4.69, 9.17) is 4.42 Å². The summed E-state index contributed by atoms with van der Waals surface area (Å²) in [4.78, 5) is 38.1. The highest BCUT2D eigenvalue weighted by Crippen LogP contribution is 2.35. The van der Waals surface area contributed by atoms with E-state index in [-0.39, 0.29) is 24.4 Å². The van der Waals surface area contributed by atoms with Crippen LogP contribution in [0.25, 0.3) is 0 Å². The maximum Gasteiger partial charge on any atom is 0.256 e. The summed E-state index contributed by atoms with van der Waals surface area (Å²) in [6.45, 7) is 1.15. The van der Waals surface area contributed by atoms with Crippen LogP contribution in [0.2, 0.25) is 0 Å². The number of carbonyl (C=O) groups excluding carboxylic acids is 2. The third-order valence-corrected chi connectivity index (χ3v) is 5.54. The van der Waals surface area contributed by atoms with E-state index >= 15 is 0 Å². The Labute approximate surface area is 173 Å². The molecule has 0 aliphatic carbocycles. The number of amides is 2. The van der Waals surface area contributed by atoms with Crippen molar-refractivity contribution in [2.75, 3.05) is 23.3 Å². The summed E-state index contributed by atoms with van der Waals surface area (Å²) in [5.41, 5.74) is 1.82. The highest BCUT2D eigenvalue weighted by molar-refractivity contribution is 6.04. The molecule has 2 aliphatic rings. The first-order valence-corrected chi connectivity index (χ1v) is 9.99. The smallest absolute Gasteiger partial charge is 0.256 e. The van der Waals surface area contributed by atoms with Gasteiger partial charge in [-0.1, -0.05) is 6.07 Å². The minimum Gasteiger partial charge on any atom is -0.467 e. The molecule has 5 rings (SSSR count). The average molecular weight is 403 g/mol. The van der Waals surface area contributed by atoms with Crippen molar-refractivity contribution in [3.05, 3.63) is 72.1 Å². The SMILES string of the molecule is O=C1CNc2ncc(C(=O)N3CCCC3c3ccco3)cc2N1Cc1ccccn1. The average Bonchev–Trinajstić information content (AvgIpc) is 3.47. The Kier molecular flexibility index (Phi) is 4.66. The molecule has 152 valence electrons. The lowest BCUT2D eigenvalue weighted by Crippen LogP contribution is -2.40. The lowest BCUT2D eigenvalue weighted by atomic mass is 10.1. The fourth-order valence-electron chi connectivity index (χ4n) is 4.08. The molecular weight excluding hydrogens is 382 g/mol. The number of likely N-dealkylation sites (tertiary alicyclic amines) is 1. The van der Waals surface area contributed by atoms with E-state index in [2.05, 4.69) is 15.3 Å². The summed E-state index contributed by atoms with van der Waals surface area (Å²) in [5, 5.41) is 3.03. The molecular formula is C22H21N5O3. The second-order valence-electron chi connectivity index (χ2n) is 7.42. The second kappa shape index (κ2) is 7.62. The van der Waals surface area contributed by atoms with Crippen molar-refractivity contribution >= 4 is 23.3 Å². The maximum atomic E-state index is 13.3. The van der Waals surface area contributed by atoms with Gasteiger partial charge in [-0.05, 0) is 43.2 Å². The van der Waals surface area contributed by atoms with Crippen LogP contribution < -0.4 is 10.2 Å². The number of nitrogens with one attached hydrogen (secondary N) is 1. The summed E-state index contributed by atoms with van der Waals surface area (Å²) < 4.78 is 5.54. The van der Waals surface area contributed by atoms with E-state index in [0.717, 1.165) is 24.3 Å². The van der Waals surface area contributed by atoms with Gasteiger partial charge in [0.05, 0.1) is 42.3 Å². The number of hydrogen-bond donors (Lipinski definition) is 1. The minimum absolute atomic E-state index is 0.0760. The van der Waals surface area contributed by atoms with Crippen molar-refractivity contribution < 1.29 is 14.0 Å². The zero-order chi connectivity index (χ0) is 20.5. The van der Waals surface area contributed by atoms with Gasteiger partial charge in [-0.2, -0.15) is 0 Å². The van der Waals surface area contributed by atoms with Crippen LogP contribution in [0, 0.1) is 0 Å². The van der Waals surface area contributed by atoms with E-state index in [1.165, 1.54) is 0 Å². The topological polar surface area (TPSA) is 91.6 Å². The number of carbonyl (C=O) groups is 2. The Morgan fingerprint density at radius 2 is 2.17 bits per heavy atom. The van der Waals surface area contributed by atoms with Gasteiger partial charge < -0.3 is 19.5 Å². The van der Waals surface area contributed by atoms with Gasteiger partial charge in [0.25, 0.3) is 5.91 Å². The number of furan rings is 1. The van der Waals surface area contributed by atoms with Crippen molar-refractivity contribution in [1.29, 1.82) is 0 Å². The normalized spacial score (nSPS) is 18.3. The number of pyridine rings is 2. The fraction of sp³-hybridized carbons (Fsp3) is 0.273. The first-order chi connectivity index (χ1) is 14.7. The molecule has 3 aromatic heterocycles. The molecule has 0 aromatic carbocycles. The van der Waals surface area contributed by atoms with Crippen LogP contribution in [0.5, 0.6) is 0 Å². The van der Waals surface area contributed by atoms with Gasteiger partial charge >= 0.3 is 0 Å². The second-order valence-corrected chi connectivity index (χ2v) is 7.42. The third-order valence-electron chi connectivity index (χ3n) is 5.54. The molecule has 8 nitrogen and oxygen atoms in total. The van der Waals surface area contributed by atoms with E-state index in [1.807, 2.05) is 35.2 Å². The van der Waals surface area contributed by atoms with Gasteiger partial charge in [0.2, 0.25) is 5.91 Å². The van der Waals surface area contributed by atoms with Crippen LogP contribution in [-0.4, -0.2) is 39.8 Å². The van der Waals surface area contributed by atoms with E-state index < -0.39 is 0 Å². The summed E-state index contributed by atoms with van der Waals surface area (Å²) in [6, 6.07) is 11.0. The zero-order valence-corrected chi connectivity index (χ0v) is 16.3. The molecule has 0 radical (unpaired) electrons. The summed E-state index contributed by atoms with van der Waals surface area (Å²) >= 11 is 0. The number of hydrogen-bond acceptors (Lipinski definition) is 6. The summed E-state index contributed by atoms with van der Waals surface area (Å²) in [7, 11) is 0. The van der Waals surface area contributed by atoms with Crippen LogP contribution in [0.15, 0.2) is 59.5 Å². The predicted molar refractivity (Wildman–Crippen MR) is 110 cm³/mol. The molecule has 30 heavy (non-hydrogen) atoms. The standard InChI is InChI=1S/C22H21N5O3/c28-20-13-25-21-18(27(20)14-16-5-1-2-8-23-16)11-15(12-24-21)22(29)26-9-3-6-17(26)19-7-4-10-30-19/h1-2,4-5,7-8,10-12,17H,3,6,9,13-14H2,(H,24,25). The lowest BCUT2D eigenvalue weighted by Gasteiger charge is -2.30. The largest absolute Gasteiger partial charge is 0.467 e. The predicted octanol–water partition coefficient (Wildman–Crippen LogP) is 3.01. The van der Waals surface area contributed by atoms with E-state index in [0.29, 0.717) is 30.2 Å². The van der Waals surface area contributed by atoms with Gasteiger partial charge in [0.1, 0.15) is 5.76 Å². The summed E-state index contributed by atoms with van der Waals surface area (Å²) in [5.74, 6) is 1.18. The Hall–Kier alpha value is -3.68. The van der Waals surface area contributed by atoms with Crippen LogP contribution >= 0.6 is 0 Å². The monoisotopic (exact) mass is 403 g/mol. The molecule has 1 atom stereocenters. The molecule has 1 unspecified atom stereocenters. The lowest BCUT2D eigenvalue weighted by molar-refractivity contribution is -0.117. The maximum absolute atomic E-state index is 13.3. The van der Waals surface area contributed by atoms with E-state index in [1.54, 1.807) is 29.6 Å². The number of fused-ring (bicyclic) bond motifs is 1. The Morgan fingerprint density at radius 3 is 2.97 bits per heavy atom. The Balaban J connectivity index is 1.45. The molecule has 1 saturated heterocycles. The van der Waals surface area contributed by atoms with Crippen molar-refractivity contribution in [2.45, 2.75) is 25.4 Å². The van der Waals surface area contributed by atoms with Crippen molar-refractivity contribution in [3.63, 3.8) is 0 Å². The number of rotatable bonds is 4. The number of anilines is 2. The van der Waals surface area contributed by atoms with Crippen molar-refractivity contribution in [1.82, 2.24) is 14.9 Å². The molecule has 2 aliphatic heterocycles. The van der Waals surface area contributed by atoms with Crippen LogP contribution in [0.3, 0.4) is 0 Å². The van der Waals surface area contributed by atoms with Gasteiger partial charge in [0.15, 0.2) is 5.82 Å². The molecule has 2 amide bonds. The quantitative estimate of drug-likeness (QED) is 0.720. The molecule has 8 heteroatoms. The van der Waals surface area contributed by atoms with Crippen molar-refractivity contribution in [2.24, 2.45) is 0 Å². The van der Waals surface area contributed by atoms with Gasteiger partial charge in [-0.25, -0.2) is 4.98 Å². The number of nitrogens with zero attached hydrogens (tertiary/aromatic N) is 4. The van der Waals surface area contributed by atoms with E-state index in [9.17, 15) is 9.59 Å². The molecule has 1 fully saturated rings. The Morgan fingerprint density at radius 1 is 1.23 bits per heavy atom. The first-order valence-electron chi connectivity index (χ1n) is 9.99. The minimum atomic E-state index is -0.111. The fourth-order valence-corrected chi connectivity index (χ4v) is 4.08. The summed E-state index contributed by atoms with van der Waals surface area (Å²) in [6.07, 6.45) is 6.68. The highest BCUT2D eigenvalue weighted by Gasteiger charge is 2.34. The molecule has 0 bridgehead atoms. The third kappa shape index (κ3) is 3.30.